The summed E-state index contributed by atoms with van der Waals surface area (Å²) in [6, 6.07) is 7.87. The number of fused-ring (bicyclic) bond motifs is 1. The molecule has 0 atom stereocenters. The lowest BCUT2D eigenvalue weighted by atomic mass is 10.1. The lowest BCUT2D eigenvalue weighted by molar-refractivity contribution is 0.0696. The minimum absolute atomic E-state index is 0.0254. The molecule has 0 bridgehead atoms. The van der Waals surface area contributed by atoms with Crippen molar-refractivity contribution in [3.8, 4) is 0 Å². The predicted octanol–water partition coefficient (Wildman–Crippen LogP) is 1.74. The van der Waals surface area contributed by atoms with Gasteiger partial charge < -0.3 is 31.1 Å². The molecule has 9 nitrogen and oxygen atoms in total. The number of aromatic nitrogens is 1. The zero-order valence-electron chi connectivity index (χ0n) is 16.6. The van der Waals surface area contributed by atoms with Crippen molar-refractivity contribution in [3.63, 3.8) is 0 Å². The van der Waals surface area contributed by atoms with E-state index >= 15 is 0 Å². The number of aromatic amines is 1. The second kappa shape index (κ2) is 9.37. The molecule has 1 amide bonds. The fourth-order valence-electron chi connectivity index (χ4n) is 3.14. The number of hydrogen-bond acceptors (Lipinski definition) is 6. The maximum atomic E-state index is 13.9. The van der Waals surface area contributed by atoms with Crippen LogP contribution < -0.4 is 21.5 Å². The van der Waals surface area contributed by atoms with Crippen molar-refractivity contribution < 1.29 is 24.2 Å². The van der Waals surface area contributed by atoms with Gasteiger partial charge in [-0.1, -0.05) is 0 Å². The monoisotopic (exact) mass is 428 g/mol. The van der Waals surface area contributed by atoms with E-state index in [0.29, 0.717) is 27.8 Å². The van der Waals surface area contributed by atoms with Crippen molar-refractivity contribution >= 4 is 34.2 Å². The Morgan fingerprint density at radius 2 is 1.90 bits per heavy atom. The van der Waals surface area contributed by atoms with E-state index in [4.69, 9.17) is 5.11 Å². The average Bonchev–Trinajstić information content (AvgIpc) is 2.74. The first-order chi connectivity index (χ1) is 14.8. The van der Waals surface area contributed by atoms with Gasteiger partial charge in [0.15, 0.2) is 0 Å². The van der Waals surface area contributed by atoms with Crippen LogP contribution in [0.3, 0.4) is 0 Å². The number of aliphatic hydroxyl groups is 1. The third kappa shape index (κ3) is 4.87. The van der Waals surface area contributed by atoms with E-state index in [2.05, 4.69) is 20.9 Å². The van der Waals surface area contributed by atoms with Crippen LogP contribution in [-0.2, 0) is 6.54 Å². The van der Waals surface area contributed by atoms with Gasteiger partial charge in [0.25, 0.3) is 11.5 Å². The van der Waals surface area contributed by atoms with Gasteiger partial charge >= 0.3 is 5.97 Å². The van der Waals surface area contributed by atoms with Crippen molar-refractivity contribution in [3.05, 3.63) is 69.3 Å². The molecule has 0 fully saturated rings. The summed E-state index contributed by atoms with van der Waals surface area (Å²) in [6.45, 7) is 0.342. The molecule has 162 valence electrons. The van der Waals surface area contributed by atoms with Gasteiger partial charge in [0.05, 0.1) is 23.4 Å². The Hall–Kier alpha value is -3.76. The minimum atomic E-state index is -1.13. The maximum absolute atomic E-state index is 13.9. The molecule has 0 aliphatic carbocycles. The number of carbonyl (C=O) groups is 2. The minimum Gasteiger partial charge on any atom is -0.478 e. The predicted molar refractivity (Wildman–Crippen MR) is 114 cm³/mol. The summed E-state index contributed by atoms with van der Waals surface area (Å²) in [4.78, 5) is 39.2. The highest BCUT2D eigenvalue weighted by Crippen LogP contribution is 2.23. The van der Waals surface area contributed by atoms with E-state index in [9.17, 15) is 23.9 Å². The fourth-order valence-corrected chi connectivity index (χ4v) is 3.14. The first kappa shape index (κ1) is 21.9. The molecule has 6 N–H and O–H groups in total. The molecule has 0 aliphatic heterocycles. The number of H-pyrrole nitrogens is 1. The lowest BCUT2D eigenvalue weighted by Gasteiger charge is -2.13. The third-order valence-electron chi connectivity index (χ3n) is 4.64. The number of hydrogen-bond donors (Lipinski definition) is 6. The van der Waals surface area contributed by atoms with E-state index in [1.165, 1.54) is 36.4 Å². The Bertz CT molecular complexity index is 1210. The number of benzene rings is 2. The average molecular weight is 428 g/mol. The third-order valence-corrected chi connectivity index (χ3v) is 4.64. The Morgan fingerprint density at radius 1 is 1.13 bits per heavy atom. The summed E-state index contributed by atoms with van der Waals surface area (Å²) in [6.07, 6.45) is 0. The van der Waals surface area contributed by atoms with Crippen LogP contribution in [0.4, 0.5) is 15.8 Å². The Morgan fingerprint density at radius 3 is 2.58 bits per heavy atom. The molecular weight excluding hydrogens is 407 g/mol. The van der Waals surface area contributed by atoms with Crippen LogP contribution in [0.15, 0.2) is 41.2 Å². The van der Waals surface area contributed by atoms with E-state index < -0.39 is 23.3 Å². The number of nitrogens with one attached hydrogen (secondary N) is 4. The van der Waals surface area contributed by atoms with Crippen LogP contribution in [0, 0.1) is 5.82 Å². The number of pyridine rings is 1. The molecule has 3 aromatic rings. The zero-order chi connectivity index (χ0) is 22.5. The summed E-state index contributed by atoms with van der Waals surface area (Å²) in [5.41, 5.74) is 0.646. The van der Waals surface area contributed by atoms with Gasteiger partial charge in [-0.2, -0.15) is 0 Å². The highest BCUT2D eigenvalue weighted by atomic mass is 19.1. The Balaban J connectivity index is 1.97. The van der Waals surface area contributed by atoms with Crippen LogP contribution in [0.25, 0.3) is 10.9 Å². The topological polar surface area (TPSA) is 144 Å². The van der Waals surface area contributed by atoms with Crippen molar-refractivity contribution in [2.45, 2.75) is 6.54 Å². The highest BCUT2D eigenvalue weighted by Gasteiger charge is 2.17. The van der Waals surface area contributed by atoms with Gasteiger partial charge in [-0.3, -0.25) is 9.59 Å². The van der Waals surface area contributed by atoms with Gasteiger partial charge in [0, 0.05) is 31.2 Å². The van der Waals surface area contributed by atoms with Crippen LogP contribution in [-0.4, -0.2) is 47.3 Å². The Labute approximate surface area is 175 Å². The van der Waals surface area contributed by atoms with Crippen LogP contribution in [0.5, 0.6) is 0 Å². The maximum Gasteiger partial charge on any atom is 0.335 e. The molecule has 0 saturated heterocycles. The second-order valence-electron chi connectivity index (χ2n) is 6.71. The molecule has 0 spiro atoms. The molecule has 31 heavy (non-hydrogen) atoms. The van der Waals surface area contributed by atoms with Crippen molar-refractivity contribution in [2.75, 3.05) is 30.8 Å². The molecule has 0 aliphatic rings. The van der Waals surface area contributed by atoms with Gasteiger partial charge in [0.1, 0.15) is 11.4 Å². The van der Waals surface area contributed by atoms with E-state index in [-0.39, 0.29) is 30.8 Å². The quantitative estimate of drug-likeness (QED) is 0.300. The number of carboxylic acid groups (broad SMARTS) is 1. The molecule has 2 aromatic carbocycles. The van der Waals surface area contributed by atoms with E-state index in [0.717, 1.165) is 0 Å². The summed E-state index contributed by atoms with van der Waals surface area (Å²) in [5, 5.41) is 26.8. The molecule has 10 heteroatoms. The number of carboxylic acids is 1. The number of rotatable bonds is 8. The van der Waals surface area contributed by atoms with Crippen molar-refractivity contribution in [2.24, 2.45) is 0 Å². The van der Waals surface area contributed by atoms with Crippen molar-refractivity contribution in [1.82, 2.24) is 10.3 Å². The highest BCUT2D eigenvalue weighted by molar-refractivity contribution is 6.07. The molecule has 1 heterocycles. The van der Waals surface area contributed by atoms with Gasteiger partial charge in [-0.05, 0) is 42.0 Å². The van der Waals surface area contributed by atoms with E-state index in [1.54, 1.807) is 7.05 Å². The van der Waals surface area contributed by atoms with Crippen molar-refractivity contribution in [1.29, 1.82) is 0 Å². The second-order valence-corrected chi connectivity index (χ2v) is 6.71. The zero-order valence-corrected chi connectivity index (χ0v) is 16.6. The standard InChI is InChI=1S/C21H21FN4O5/c1-23-17-9-14(22)7-12-8-15(20(29)26-18(12)17)19(28)25-16-3-2-11(21(30)31)6-13(16)10-24-4-5-27/h2-3,6-9,23-24,27H,4-5,10H2,1H3,(H,25,28)(H,26,29)(H,30,31). The molecular formula is C21H21FN4O5. The first-order valence-corrected chi connectivity index (χ1v) is 9.37. The SMILES string of the molecule is CNc1cc(F)cc2cc(C(=O)Nc3ccc(C(=O)O)cc3CNCCO)c(=O)[nH]c12. The number of anilines is 2. The smallest absolute Gasteiger partial charge is 0.335 e. The largest absolute Gasteiger partial charge is 0.478 e. The van der Waals surface area contributed by atoms with Crippen LogP contribution in [0.2, 0.25) is 0 Å². The molecule has 0 saturated carbocycles. The van der Waals surface area contributed by atoms with Gasteiger partial charge in [-0.25, -0.2) is 9.18 Å². The van der Waals surface area contributed by atoms with Gasteiger partial charge in [0.2, 0.25) is 0 Å². The Kier molecular flexibility index (Phi) is 6.63. The summed E-state index contributed by atoms with van der Waals surface area (Å²) in [5.74, 6) is -2.39. The van der Waals surface area contributed by atoms with Crippen LogP contribution in [0.1, 0.15) is 26.3 Å². The molecule has 3 rings (SSSR count). The number of aromatic carboxylic acids is 1. The molecule has 0 radical (unpaired) electrons. The number of amides is 1. The molecule has 0 unspecified atom stereocenters. The molecule has 1 aromatic heterocycles. The van der Waals surface area contributed by atoms with Crippen LogP contribution >= 0.6 is 0 Å². The summed E-state index contributed by atoms with van der Waals surface area (Å²) in [7, 11) is 1.58. The summed E-state index contributed by atoms with van der Waals surface area (Å²) < 4.78 is 13.9. The first-order valence-electron chi connectivity index (χ1n) is 9.37. The van der Waals surface area contributed by atoms with Gasteiger partial charge in [-0.15, -0.1) is 0 Å². The summed E-state index contributed by atoms with van der Waals surface area (Å²) >= 11 is 0. The lowest BCUT2D eigenvalue weighted by Crippen LogP contribution is -2.25. The number of aliphatic hydroxyl groups excluding tert-OH is 1. The number of carbonyl (C=O) groups excluding carboxylic acids is 1. The number of halogens is 1. The normalized spacial score (nSPS) is 10.8. The fraction of sp³-hybridized carbons (Fsp3) is 0.190. The van der Waals surface area contributed by atoms with E-state index in [1.807, 2.05) is 0 Å².